The van der Waals surface area contributed by atoms with Crippen LogP contribution in [-0.2, 0) is 0 Å². The molecular weight excluding hydrogens is 134 g/mol. The molecule has 0 radical (unpaired) electrons. The summed E-state index contributed by atoms with van der Waals surface area (Å²) in [6, 6.07) is 0. The normalized spacial score (nSPS) is 12.6. The first-order valence-corrected chi connectivity index (χ1v) is 3.05. The number of halogens is 1. The van der Waals surface area contributed by atoms with E-state index in [1.165, 1.54) is 0 Å². The van der Waals surface area contributed by atoms with E-state index in [0.717, 1.165) is 5.57 Å². The summed E-state index contributed by atoms with van der Waals surface area (Å²) >= 11 is 5.53. The van der Waals surface area contributed by atoms with Crippen molar-refractivity contribution in [2.24, 2.45) is 4.99 Å². The van der Waals surface area contributed by atoms with Crippen molar-refractivity contribution < 1.29 is 0 Å². The fourth-order valence-corrected chi connectivity index (χ4v) is 0.305. The van der Waals surface area contributed by atoms with Crippen molar-refractivity contribution in [1.29, 1.82) is 0 Å². The smallest absolute Gasteiger partial charge is 0.0378 e. The number of hydrogen-bond acceptors (Lipinski definition) is 1. The van der Waals surface area contributed by atoms with Gasteiger partial charge in [-0.3, -0.25) is 4.99 Å². The van der Waals surface area contributed by atoms with Crippen LogP contribution in [0, 0.1) is 0 Å². The molecule has 0 aliphatic heterocycles. The zero-order chi connectivity index (χ0) is 7.28. The molecule has 0 atom stereocenters. The van der Waals surface area contributed by atoms with Gasteiger partial charge in [0.15, 0.2) is 0 Å². The van der Waals surface area contributed by atoms with E-state index in [1.54, 1.807) is 12.4 Å². The van der Waals surface area contributed by atoms with E-state index in [0.29, 0.717) is 5.03 Å². The molecular formula is C7H10ClN. The standard InChI is InChI=1S/C7H10ClN/c1-4-9-5-6(2)7(3)8/h4-5H,3H2,1-2H3/b6-5-,9-4?. The number of rotatable bonds is 2. The molecule has 0 bridgehead atoms. The first-order chi connectivity index (χ1) is 4.18. The molecule has 0 heterocycles. The van der Waals surface area contributed by atoms with Gasteiger partial charge in [-0.15, -0.1) is 0 Å². The highest BCUT2D eigenvalue weighted by Crippen LogP contribution is 2.09. The largest absolute Gasteiger partial charge is 0.269 e. The Kier molecular flexibility index (Phi) is 4.06. The molecule has 9 heavy (non-hydrogen) atoms. The topological polar surface area (TPSA) is 12.4 Å². The molecule has 0 saturated heterocycles. The average molecular weight is 144 g/mol. The molecule has 1 nitrogen and oxygen atoms in total. The Morgan fingerprint density at radius 2 is 2.22 bits per heavy atom. The lowest BCUT2D eigenvalue weighted by Crippen LogP contribution is -1.70. The lowest BCUT2D eigenvalue weighted by Gasteiger charge is -1.90. The van der Waals surface area contributed by atoms with Gasteiger partial charge in [0.05, 0.1) is 0 Å². The number of aliphatic imine (C=N–C) groups is 1. The predicted molar refractivity (Wildman–Crippen MR) is 42.9 cm³/mol. The van der Waals surface area contributed by atoms with Crippen molar-refractivity contribution in [3.63, 3.8) is 0 Å². The van der Waals surface area contributed by atoms with Crippen LogP contribution in [0.25, 0.3) is 0 Å². The molecule has 0 aliphatic carbocycles. The summed E-state index contributed by atoms with van der Waals surface area (Å²) < 4.78 is 0. The molecule has 0 amide bonds. The van der Waals surface area contributed by atoms with Gasteiger partial charge in [-0.2, -0.15) is 0 Å². The average Bonchev–Trinajstić information content (AvgIpc) is 1.82. The van der Waals surface area contributed by atoms with Crippen LogP contribution < -0.4 is 0 Å². The van der Waals surface area contributed by atoms with Gasteiger partial charge in [0.25, 0.3) is 0 Å². The minimum Gasteiger partial charge on any atom is -0.269 e. The Labute approximate surface area is 60.7 Å². The van der Waals surface area contributed by atoms with E-state index in [-0.39, 0.29) is 0 Å². The molecule has 0 aromatic heterocycles. The van der Waals surface area contributed by atoms with Gasteiger partial charge < -0.3 is 0 Å². The first-order valence-electron chi connectivity index (χ1n) is 2.67. The van der Waals surface area contributed by atoms with Gasteiger partial charge in [-0.05, 0) is 19.4 Å². The third-order valence-corrected chi connectivity index (χ3v) is 1.14. The molecule has 0 aliphatic rings. The summed E-state index contributed by atoms with van der Waals surface area (Å²) in [5.41, 5.74) is 0.898. The van der Waals surface area contributed by atoms with Gasteiger partial charge in [-0.1, -0.05) is 18.2 Å². The van der Waals surface area contributed by atoms with Crippen molar-refractivity contribution in [3.8, 4) is 0 Å². The molecule has 0 unspecified atom stereocenters. The Morgan fingerprint density at radius 3 is 2.56 bits per heavy atom. The van der Waals surface area contributed by atoms with Gasteiger partial charge >= 0.3 is 0 Å². The number of hydrogen-bond donors (Lipinski definition) is 0. The van der Waals surface area contributed by atoms with Crippen LogP contribution in [0.2, 0.25) is 0 Å². The van der Waals surface area contributed by atoms with E-state index in [2.05, 4.69) is 11.6 Å². The van der Waals surface area contributed by atoms with Crippen LogP contribution in [0.3, 0.4) is 0 Å². The van der Waals surface area contributed by atoms with Gasteiger partial charge in [0.2, 0.25) is 0 Å². The fourth-order valence-electron chi connectivity index (χ4n) is 0.256. The highest BCUT2D eigenvalue weighted by atomic mass is 35.5. The minimum atomic E-state index is 0.542. The molecule has 0 aromatic carbocycles. The summed E-state index contributed by atoms with van der Waals surface area (Å²) in [7, 11) is 0. The monoisotopic (exact) mass is 143 g/mol. The number of allylic oxidation sites excluding steroid dienone is 2. The Morgan fingerprint density at radius 1 is 1.67 bits per heavy atom. The lowest BCUT2D eigenvalue weighted by atomic mass is 10.3. The molecule has 0 spiro atoms. The van der Waals surface area contributed by atoms with E-state index in [4.69, 9.17) is 11.6 Å². The maximum Gasteiger partial charge on any atom is 0.0378 e. The summed E-state index contributed by atoms with van der Waals surface area (Å²) in [6.45, 7) is 7.24. The molecule has 0 N–H and O–H groups in total. The van der Waals surface area contributed by atoms with Crippen molar-refractivity contribution >= 4 is 17.8 Å². The van der Waals surface area contributed by atoms with Crippen LogP contribution in [0.1, 0.15) is 13.8 Å². The third kappa shape index (κ3) is 3.98. The SMILES string of the molecule is C=C(Cl)/C(C)=C\N=CC. The highest BCUT2D eigenvalue weighted by molar-refractivity contribution is 6.31. The van der Waals surface area contributed by atoms with E-state index >= 15 is 0 Å². The summed E-state index contributed by atoms with van der Waals surface area (Å²) in [6.07, 6.45) is 3.37. The van der Waals surface area contributed by atoms with Crippen LogP contribution in [0.5, 0.6) is 0 Å². The lowest BCUT2D eigenvalue weighted by molar-refractivity contribution is 1.42. The molecule has 0 saturated carbocycles. The zero-order valence-corrected chi connectivity index (χ0v) is 6.44. The summed E-state index contributed by atoms with van der Waals surface area (Å²) in [5.74, 6) is 0. The second-order valence-corrected chi connectivity index (χ2v) is 2.08. The highest BCUT2D eigenvalue weighted by Gasteiger charge is 1.86. The van der Waals surface area contributed by atoms with Crippen LogP contribution in [-0.4, -0.2) is 6.21 Å². The van der Waals surface area contributed by atoms with Gasteiger partial charge in [-0.25, -0.2) is 0 Å². The Bertz CT molecular complexity index is 156. The van der Waals surface area contributed by atoms with E-state index < -0.39 is 0 Å². The molecule has 2 heteroatoms. The van der Waals surface area contributed by atoms with Gasteiger partial charge in [0, 0.05) is 17.4 Å². The Hall–Kier alpha value is -0.560. The second-order valence-electron chi connectivity index (χ2n) is 1.62. The van der Waals surface area contributed by atoms with Crippen LogP contribution >= 0.6 is 11.6 Å². The molecule has 0 rings (SSSR count). The summed E-state index contributed by atoms with van der Waals surface area (Å²) in [5, 5.41) is 0.542. The molecule has 0 aromatic rings. The first kappa shape index (κ1) is 8.44. The van der Waals surface area contributed by atoms with Gasteiger partial charge in [0.1, 0.15) is 0 Å². The predicted octanol–water partition coefficient (Wildman–Crippen LogP) is 2.73. The third-order valence-electron chi connectivity index (χ3n) is 0.845. The summed E-state index contributed by atoms with van der Waals surface area (Å²) in [4.78, 5) is 3.86. The fraction of sp³-hybridized carbons (Fsp3) is 0.286. The van der Waals surface area contributed by atoms with Crippen LogP contribution in [0.4, 0.5) is 0 Å². The molecule has 0 fully saturated rings. The Balaban J connectivity index is 4.00. The minimum absolute atomic E-state index is 0.542. The van der Waals surface area contributed by atoms with Crippen molar-refractivity contribution in [2.75, 3.05) is 0 Å². The maximum atomic E-state index is 5.53. The second kappa shape index (κ2) is 4.33. The van der Waals surface area contributed by atoms with Crippen LogP contribution in [0.15, 0.2) is 28.4 Å². The quantitative estimate of drug-likeness (QED) is 0.417. The van der Waals surface area contributed by atoms with E-state index in [9.17, 15) is 0 Å². The zero-order valence-electron chi connectivity index (χ0n) is 5.69. The maximum absolute atomic E-state index is 5.53. The van der Waals surface area contributed by atoms with E-state index in [1.807, 2.05) is 13.8 Å². The number of nitrogens with zero attached hydrogens (tertiary/aromatic N) is 1. The van der Waals surface area contributed by atoms with Crippen molar-refractivity contribution in [3.05, 3.63) is 23.4 Å². The molecule has 50 valence electrons. The van der Waals surface area contributed by atoms with Crippen molar-refractivity contribution in [2.45, 2.75) is 13.8 Å². The van der Waals surface area contributed by atoms with Crippen molar-refractivity contribution in [1.82, 2.24) is 0 Å².